The fraction of sp³-hybridized carbons (Fsp3) is 0.381. The van der Waals surface area contributed by atoms with Gasteiger partial charge in [0.25, 0.3) is 5.91 Å². The van der Waals surface area contributed by atoms with Gasteiger partial charge >= 0.3 is 0 Å². The Bertz CT molecular complexity index is 1210. The maximum Gasteiger partial charge on any atom is 0.276 e. The Morgan fingerprint density at radius 2 is 2.12 bits per heavy atom. The van der Waals surface area contributed by atoms with Gasteiger partial charge in [0, 0.05) is 31.1 Å². The molecule has 3 atom stereocenters. The second-order valence-corrected chi connectivity index (χ2v) is 8.24. The number of hydrogen-bond acceptors (Lipinski definition) is 8. The summed E-state index contributed by atoms with van der Waals surface area (Å²) in [5.41, 5.74) is 2.31. The Balaban J connectivity index is 1.26. The van der Waals surface area contributed by atoms with Gasteiger partial charge in [-0.15, -0.1) is 5.10 Å². The number of aryl methyl sites for hydroxylation is 1. The van der Waals surface area contributed by atoms with Crippen molar-refractivity contribution in [2.24, 2.45) is 11.8 Å². The molecule has 1 aliphatic carbocycles. The molecule has 0 spiro atoms. The van der Waals surface area contributed by atoms with E-state index < -0.39 is 12.0 Å². The van der Waals surface area contributed by atoms with Crippen LogP contribution < -0.4 is 10.2 Å². The number of aromatic nitrogens is 6. The van der Waals surface area contributed by atoms with Gasteiger partial charge in [0.05, 0.1) is 35.9 Å². The van der Waals surface area contributed by atoms with Gasteiger partial charge in [-0.1, -0.05) is 0 Å². The number of aliphatic hydroxyl groups is 1. The van der Waals surface area contributed by atoms with Gasteiger partial charge in [-0.05, 0) is 37.8 Å². The number of rotatable bonds is 6. The maximum absolute atomic E-state index is 12.6. The Morgan fingerprint density at radius 1 is 1.31 bits per heavy atom. The van der Waals surface area contributed by atoms with E-state index in [1.807, 2.05) is 13.0 Å². The van der Waals surface area contributed by atoms with E-state index in [0.717, 1.165) is 18.5 Å². The number of carbonyl (C=O) groups is 2. The maximum atomic E-state index is 12.6. The first kappa shape index (κ1) is 20.2. The Morgan fingerprint density at radius 3 is 2.84 bits per heavy atom. The SMILES string of the molecule is Cc1cc(Cn2cc(NC(=O)c3nccnc3[C@H](C)O)cn2)nnc1N1C[C@H]2C[C@H]2C1=O. The second kappa shape index (κ2) is 7.75. The average molecular weight is 434 g/mol. The number of nitrogens with one attached hydrogen (secondary N) is 1. The smallest absolute Gasteiger partial charge is 0.276 e. The fourth-order valence-electron chi connectivity index (χ4n) is 4.05. The van der Waals surface area contributed by atoms with Gasteiger partial charge in [0.1, 0.15) is 0 Å². The third-order valence-corrected chi connectivity index (χ3v) is 5.74. The molecule has 164 valence electrons. The first-order valence-electron chi connectivity index (χ1n) is 10.4. The van der Waals surface area contributed by atoms with Gasteiger partial charge in [-0.3, -0.25) is 24.2 Å². The number of nitrogens with zero attached hydrogens (tertiary/aromatic N) is 7. The lowest BCUT2D eigenvalue weighted by atomic mass is 10.2. The molecule has 11 heteroatoms. The molecule has 2 amide bonds. The minimum absolute atomic E-state index is 0.0569. The summed E-state index contributed by atoms with van der Waals surface area (Å²) in [7, 11) is 0. The molecule has 0 unspecified atom stereocenters. The van der Waals surface area contributed by atoms with Crippen molar-refractivity contribution in [3.63, 3.8) is 0 Å². The minimum atomic E-state index is -0.918. The predicted octanol–water partition coefficient (Wildman–Crippen LogP) is 1.11. The van der Waals surface area contributed by atoms with Crippen LogP contribution in [-0.2, 0) is 11.3 Å². The van der Waals surface area contributed by atoms with Crippen LogP contribution in [0, 0.1) is 18.8 Å². The molecular formula is C21H22N8O3. The number of hydrogen-bond donors (Lipinski definition) is 2. The summed E-state index contributed by atoms with van der Waals surface area (Å²) in [6.07, 6.45) is 6.08. The van der Waals surface area contributed by atoms with Crippen LogP contribution in [0.2, 0.25) is 0 Å². The molecular weight excluding hydrogens is 412 g/mol. The van der Waals surface area contributed by atoms with Gasteiger partial charge in [0.2, 0.25) is 5.91 Å². The molecule has 11 nitrogen and oxygen atoms in total. The number of fused-ring (bicyclic) bond motifs is 1. The first-order valence-corrected chi connectivity index (χ1v) is 10.4. The van der Waals surface area contributed by atoms with E-state index in [4.69, 9.17) is 0 Å². The quantitative estimate of drug-likeness (QED) is 0.588. The van der Waals surface area contributed by atoms with Crippen LogP contribution >= 0.6 is 0 Å². The van der Waals surface area contributed by atoms with Crippen LogP contribution in [0.3, 0.4) is 0 Å². The van der Waals surface area contributed by atoms with E-state index in [2.05, 4.69) is 30.6 Å². The summed E-state index contributed by atoms with van der Waals surface area (Å²) in [5.74, 6) is 0.931. The van der Waals surface area contributed by atoms with Crippen LogP contribution in [0.5, 0.6) is 0 Å². The molecule has 2 aliphatic rings. The summed E-state index contributed by atoms with van der Waals surface area (Å²) in [6, 6.07) is 1.90. The Labute approximate surface area is 183 Å². The van der Waals surface area contributed by atoms with Crippen LogP contribution in [0.1, 0.15) is 46.9 Å². The van der Waals surface area contributed by atoms with Crippen LogP contribution in [0.15, 0.2) is 30.9 Å². The molecule has 1 saturated carbocycles. The average Bonchev–Trinajstić information content (AvgIpc) is 3.30. The van der Waals surface area contributed by atoms with Crippen molar-refractivity contribution in [2.45, 2.75) is 32.9 Å². The fourth-order valence-corrected chi connectivity index (χ4v) is 4.05. The van der Waals surface area contributed by atoms with Gasteiger partial charge in [-0.25, -0.2) is 4.98 Å². The lowest BCUT2D eigenvalue weighted by molar-refractivity contribution is -0.118. The summed E-state index contributed by atoms with van der Waals surface area (Å²) in [5, 5.41) is 25.3. The molecule has 5 rings (SSSR count). The van der Waals surface area contributed by atoms with Crippen molar-refractivity contribution >= 4 is 23.3 Å². The summed E-state index contributed by atoms with van der Waals surface area (Å²) >= 11 is 0. The largest absolute Gasteiger partial charge is 0.387 e. The number of piperidine rings is 1. The molecule has 0 radical (unpaired) electrons. The number of carbonyl (C=O) groups excluding carboxylic acids is 2. The van der Waals surface area contributed by atoms with E-state index in [1.165, 1.54) is 25.5 Å². The lowest BCUT2D eigenvalue weighted by Gasteiger charge is -2.18. The van der Waals surface area contributed by atoms with Crippen LogP contribution in [0.4, 0.5) is 11.5 Å². The third-order valence-electron chi connectivity index (χ3n) is 5.74. The molecule has 0 aromatic carbocycles. The highest BCUT2D eigenvalue weighted by molar-refractivity contribution is 6.03. The topological polar surface area (TPSA) is 139 Å². The molecule has 2 N–H and O–H groups in total. The molecule has 1 aliphatic heterocycles. The lowest BCUT2D eigenvalue weighted by Crippen LogP contribution is -2.30. The molecule has 2 fully saturated rings. The van der Waals surface area contributed by atoms with E-state index in [0.29, 0.717) is 29.7 Å². The molecule has 1 saturated heterocycles. The molecule has 4 heterocycles. The highest BCUT2D eigenvalue weighted by atomic mass is 16.3. The molecule has 32 heavy (non-hydrogen) atoms. The Kier molecular flexibility index (Phi) is 4.89. The first-order chi connectivity index (χ1) is 15.4. The van der Waals surface area contributed by atoms with Crippen molar-refractivity contribution in [1.29, 1.82) is 0 Å². The molecule has 0 bridgehead atoms. The van der Waals surface area contributed by atoms with E-state index >= 15 is 0 Å². The Hall–Kier alpha value is -3.73. The number of amides is 2. The zero-order valence-electron chi connectivity index (χ0n) is 17.6. The van der Waals surface area contributed by atoms with Crippen molar-refractivity contribution in [2.75, 3.05) is 16.8 Å². The zero-order valence-corrected chi connectivity index (χ0v) is 17.6. The van der Waals surface area contributed by atoms with Gasteiger partial charge in [-0.2, -0.15) is 10.2 Å². The highest BCUT2D eigenvalue weighted by Crippen LogP contribution is 2.47. The van der Waals surface area contributed by atoms with Crippen LogP contribution in [0.25, 0.3) is 0 Å². The molecule has 3 aromatic rings. The van der Waals surface area contributed by atoms with Crippen molar-refractivity contribution in [3.05, 3.63) is 53.5 Å². The predicted molar refractivity (Wildman–Crippen MR) is 113 cm³/mol. The summed E-state index contributed by atoms with van der Waals surface area (Å²) in [6.45, 7) is 4.52. The van der Waals surface area contributed by atoms with E-state index in [1.54, 1.807) is 15.8 Å². The summed E-state index contributed by atoms with van der Waals surface area (Å²) < 4.78 is 1.63. The monoisotopic (exact) mass is 434 g/mol. The van der Waals surface area contributed by atoms with Crippen molar-refractivity contribution < 1.29 is 14.7 Å². The van der Waals surface area contributed by atoms with Crippen molar-refractivity contribution in [3.8, 4) is 0 Å². The number of anilines is 2. The van der Waals surface area contributed by atoms with E-state index in [9.17, 15) is 14.7 Å². The van der Waals surface area contributed by atoms with Crippen LogP contribution in [-0.4, -0.2) is 53.4 Å². The standard InChI is InChI=1S/C21H22N8O3/c1-11-5-14(26-27-19(11)29-8-13-6-16(13)21(29)32)9-28-10-15(7-24-28)25-20(31)18-17(12(2)30)22-3-4-23-18/h3-5,7,10,12-13,16,30H,6,8-9H2,1-2H3,(H,25,31)/t12-,13+,16+/m0/s1. The van der Waals surface area contributed by atoms with E-state index in [-0.39, 0.29) is 23.2 Å². The number of aliphatic hydroxyl groups excluding tert-OH is 1. The third kappa shape index (κ3) is 3.71. The molecule has 3 aromatic heterocycles. The summed E-state index contributed by atoms with van der Waals surface area (Å²) in [4.78, 5) is 34.7. The highest BCUT2D eigenvalue weighted by Gasteiger charge is 2.53. The van der Waals surface area contributed by atoms with Gasteiger partial charge in [0.15, 0.2) is 11.5 Å². The second-order valence-electron chi connectivity index (χ2n) is 8.24. The normalized spacial score (nSPS) is 20.2. The zero-order chi connectivity index (χ0) is 22.4. The van der Waals surface area contributed by atoms with Crippen molar-refractivity contribution in [1.82, 2.24) is 29.9 Å². The van der Waals surface area contributed by atoms with Gasteiger partial charge < -0.3 is 10.4 Å². The minimum Gasteiger partial charge on any atom is -0.387 e.